The Bertz CT molecular complexity index is 482. The van der Waals surface area contributed by atoms with Crippen molar-refractivity contribution in [2.75, 3.05) is 19.0 Å². The molecule has 0 fully saturated rings. The maximum Gasteiger partial charge on any atom is 0.244 e. The van der Waals surface area contributed by atoms with E-state index < -0.39 is 15.8 Å². The van der Waals surface area contributed by atoms with Crippen LogP contribution >= 0.6 is 11.6 Å². The third-order valence-corrected chi connectivity index (χ3v) is 4.45. The fraction of sp³-hybridized carbons (Fsp3) is 0.545. The molecule has 0 aromatic carbocycles. The first-order chi connectivity index (χ1) is 8.52. The fourth-order valence-electron chi connectivity index (χ4n) is 1.46. The Hall–Kier alpha value is -0.720. The van der Waals surface area contributed by atoms with E-state index in [-0.39, 0.29) is 17.3 Å². The molecule has 0 saturated carbocycles. The number of rotatable bonds is 7. The van der Waals surface area contributed by atoms with Crippen LogP contribution in [0.3, 0.4) is 0 Å². The van der Waals surface area contributed by atoms with Gasteiger partial charge in [-0.2, -0.15) is 4.31 Å². The summed E-state index contributed by atoms with van der Waals surface area (Å²) in [5, 5.41) is 0. The van der Waals surface area contributed by atoms with Gasteiger partial charge in [-0.3, -0.25) is 4.98 Å². The van der Waals surface area contributed by atoms with Crippen LogP contribution in [0.5, 0.6) is 0 Å². The lowest BCUT2D eigenvalue weighted by molar-refractivity contribution is 0.419. The fourth-order valence-corrected chi connectivity index (χ4v) is 3.22. The van der Waals surface area contributed by atoms with E-state index >= 15 is 0 Å². The van der Waals surface area contributed by atoms with Gasteiger partial charge in [0.05, 0.1) is 6.20 Å². The molecule has 1 heterocycles. The van der Waals surface area contributed by atoms with E-state index in [0.29, 0.717) is 6.54 Å². The van der Waals surface area contributed by atoms with Crippen molar-refractivity contribution in [3.63, 3.8) is 0 Å². The Morgan fingerprint density at radius 3 is 2.67 bits per heavy atom. The minimum absolute atomic E-state index is 0.135. The molecule has 0 amide bonds. The molecular weight excluding hydrogens is 279 g/mol. The first-order valence-corrected chi connectivity index (χ1v) is 7.66. The minimum Gasteiger partial charge on any atom is -0.260 e. The number of sulfonamides is 1. The zero-order chi connectivity index (χ0) is 13.6. The standard InChI is InChI=1S/C11H16ClFN2O2S/c1-2-3-5-15(6-4-12)18(16,17)11-7-10(13)8-14-9-11/h7-9H,2-6H2,1H3. The van der Waals surface area contributed by atoms with Crippen LogP contribution in [0, 0.1) is 5.82 Å². The zero-order valence-electron chi connectivity index (χ0n) is 10.1. The number of unbranched alkanes of at least 4 members (excludes halogenated alkanes) is 1. The molecule has 0 N–H and O–H groups in total. The zero-order valence-corrected chi connectivity index (χ0v) is 11.7. The molecule has 0 atom stereocenters. The highest BCUT2D eigenvalue weighted by atomic mass is 35.5. The predicted molar refractivity (Wildman–Crippen MR) is 68.6 cm³/mol. The van der Waals surface area contributed by atoms with Crippen LogP contribution in [0.4, 0.5) is 4.39 Å². The van der Waals surface area contributed by atoms with Crippen molar-refractivity contribution in [1.29, 1.82) is 0 Å². The second kappa shape index (κ2) is 7.01. The predicted octanol–water partition coefficient (Wildman–Crippen LogP) is 2.25. The third kappa shape index (κ3) is 3.90. The normalized spacial score (nSPS) is 12.0. The maximum atomic E-state index is 13.0. The van der Waals surface area contributed by atoms with Gasteiger partial charge in [0.25, 0.3) is 0 Å². The molecular formula is C11H16ClFN2O2S. The van der Waals surface area contributed by atoms with E-state index in [1.807, 2.05) is 6.92 Å². The van der Waals surface area contributed by atoms with E-state index in [2.05, 4.69) is 4.98 Å². The molecule has 0 aliphatic carbocycles. The van der Waals surface area contributed by atoms with Gasteiger partial charge in [-0.1, -0.05) is 13.3 Å². The van der Waals surface area contributed by atoms with Gasteiger partial charge in [0.2, 0.25) is 10.0 Å². The van der Waals surface area contributed by atoms with Gasteiger partial charge < -0.3 is 0 Å². The Labute approximate surface area is 112 Å². The van der Waals surface area contributed by atoms with Crippen LogP contribution in [0.15, 0.2) is 23.4 Å². The number of aromatic nitrogens is 1. The van der Waals surface area contributed by atoms with Crippen molar-refractivity contribution in [2.45, 2.75) is 24.7 Å². The summed E-state index contributed by atoms with van der Waals surface area (Å²) in [6, 6.07) is 0.968. The number of hydrogen-bond acceptors (Lipinski definition) is 3. The molecule has 1 rings (SSSR count). The summed E-state index contributed by atoms with van der Waals surface area (Å²) >= 11 is 5.60. The smallest absolute Gasteiger partial charge is 0.244 e. The quantitative estimate of drug-likeness (QED) is 0.725. The van der Waals surface area contributed by atoms with Crippen LogP contribution in [-0.4, -0.2) is 36.7 Å². The highest BCUT2D eigenvalue weighted by Gasteiger charge is 2.24. The summed E-state index contributed by atoms with van der Waals surface area (Å²) in [5.41, 5.74) is 0. The topological polar surface area (TPSA) is 50.3 Å². The van der Waals surface area contributed by atoms with Crippen LogP contribution in [-0.2, 0) is 10.0 Å². The van der Waals surface area contributed by atoms with Crippen molar-refractivity contribution in [2.24, 2.45) is 0 Å². The summed E-state index contributed by atoms with van der Waals surface area (Å²) in [7, 11) is -3.71. The second-order valence-electron chi connectivity index (χ2n) is 3.79. The third-order valence-electron chi connectivity index (χ3n) is 2.41. The highest BCUT2D eigenvalue weighted by molar-refractivity contribution is 7.89. The van der Waals surface area contributed by atoms with Crippen molar-refractivity contribution >= 4 is 21.6 Å². The molecule has 0 radical (unpaired) electrons. The van der Waals surface area contributed by atoms with Crippen molar-refractivity contribution in [3.8, 4) is 0 Å². The molecule has 18 heavy (non-hydrogen) atoms. The van der Waals surface area contributed by atoms with E-state index in [1.165, 1.54) is 4.31 Å². The highest BCUT2D eigenvalue weighted by Crippen LogP contribution is 2.16. The SMILES string of the molecule is CCCCN(CCCl)S(=O)(=O)c1cncc(F)c1. The molecule has 0 unspecified atom stereocenters. The van der Waals surface area contributed by atoms with Gasteiger partial charge in [-0.25, -0.2) is 12.8 Å². The molecule has 1 aromatic heterocycles. The Morgan fingerprint density at radius 2 is 2.11 bits per heavy atom. The molecule has 0 aliphatic rings. The summed E-state index contributed by atoms with van der Waals surface area (Å²) in [6.45, 7) is 2.55. The first kappa shape index (κ1) is 15.3. The van der Waals surface area contributed by atoms with Gasteiger partial charge in [0.1, 0.15) is 10.7 Å². The van der Waals surface area contributed by atoms with E-state index in [1.54, 1.807) is 0 Å². The molecule has 1 aromatic rings. The van der Waals surface area contributed by atoms with Gasteiger partial charge >= 0.3 is 0 Å². The van der Waals surface area contributed by atoms with Gasteiger partial charge in [-0.05, 0) is 12.5 Å². The van der Waals surface area contributed by atoms with Crippen molar-refractivity contribution in [1.82, 2.24) is 9.29 Å². The van der Waals surface area contributed by atoms with E-state index in [9.17, 15) is 12.8 Å². The molecule has 0 aliphatic heterocycles. The van der Waals surface area contributed by atoms with Crippen LogP contribution in [0.1, 0.15) is 19.8 Å². The Balaban J connectivity index is 3.00. The van der Waals surface area contributed by atoms with Crippen LogP contribution < -0.4 is 0 Å². The number of nitrogens with zero attached hydrogens (tertiary/aromatic N) is 2. The molecule has 0 spiro atoms. The van der Waals surface area contributed by atoms with Crippen LogP contribution in [0.25, 0.3) is 0 Å². The Kier molecular flexibility index (Phi) is 5.98. The second-order valence-corrected chi connectivity index (χ2v) is 6.10. The lowest BCUT2D eigenvalue weighted by atomic mass is 10.3. The molecule has 7 heteroatoms. The monoisotopic (exact) mass is 294 g/mol. The average Bonchev–Trinajstić information content (AvgIpc) is 2.34. The molecule has 4 nitrogen and oxygen atoms in total. The summed E-state index contributed by atoms with van der Waals surface area (Å²) in [5.74, 6) is -0.469. The van der Waals surface area contributed by atoms with E-state index in [0.717, 1.165) is 31.3 Å². The van der Waals surface area contributed by atoms with E-state index in [4.69, 9.17) is 11.6 Å². The van der Waals surface area contributed by atoms with Crippen molar-refractivity contribution < 1.29 is 12.8 Å². The average molecular weight is 295 g/mol. The first-order valence-electron chi connectivity index (χ1n) is 5.69. The number of hydrogen-bond donors (Lipinski definition) is 0. The van der Waals surface area contributed by atoms with Gasteiger partial charge in [0, 0.05) is 25.2 Å². The molecule has 102 valence electrons. The number of pyridine rings is 1. The Morgan fingerprint density at radius 1 is 1.39 bits per heavy atom. The number of alkyl halides is 1. The minimum atomic E-state index is -3.71. The molecule has 0 saturated heterocycles. The maximum absolute atomic E-state index is 13.0. The summed E-state index contributed by atoms with van der Waals surface area (Å²) < 4.78 is 38.8. The summed E-state index contributed by atoms with van der Waals surface area (Å²) in [6.07, 6.45) is 3.72. The lowest BCUT2D eigenvalue weighted by Crippen LogP contribution is -2.33. The number of halogens is 2. The largest absolute Gasteiger partial charge is 0.260 e. The van der Waals surface area contributed by atoms with Crippen LogP contribution in [0.2, 0.25) is 0 Å². The lowest BCUT2D eigenvalue weighted by Gasteiger charge is -2.20. The van der Waals surface area contributed by atoms with Gasteiger partial charge in [0.15, 0.2) is 0 Å². The summed E-state index contributed by atoms with van der Waals surface area (Å²) in [4.78, 5) is 3.42. The van der Waals surface area contributed by atoms with Crippen molar-refractivity contribution in [3.05, 3.63) is 24.3 Å². The van der Waals surface area contributed by atoms with Gasteiger partial charge in [-0.15, -0.1) is 11.6 Å². The molecule has 0 bridgehead atoms.